The molecule has 2 aromatic rings. The van der Waals surface area contributed by atoms with Crippen LogP contribution in [0.5, 0.6) is 0 Å². The highest BCUT2D eigenvalue weighted by Gasteiger charge is 2.45. The van der Waals surface area contributed by atoms with Gasteiger partial charge in [0.15, 0.2) is 15.7 Å². The second kappa shape index (κ2) is 10.2. The topological polar surface area (TPSA) is 116 Å². The third-order valence-corrected chi connectivity index (χ3v) is 10.8. The van der Waals surface area contributed by atoms with E-state index in [4.69, 9.17) is 0 Å². The van der Waals surface area contributed by atoms with Gasteiger partial charge < -0.3 is 20.2 Å². The summed E-state index contributed by atoms with van der Waals surface area (Å²) >= 11 is 0. The molecule has 0 bridgehead atoms. The Kier molecular flexibility index (Phi) is 6.97. The van der Waals surface area contributed by atoms with Crippen molar-refractivity contribution in [1.82, 2.24) is 9.97 Å². The number of fused-ring (bicyclic) bond motifs is 1. The van der Waals surface area contributed by atoms with Crippen LogP contribution in [0.4, 0.5) is 26.1 Å². The van der Waals surface area contributed by atoms with Crippen LogP contribution in [-0.2, 0) is 22.7 Å². The fraction of sp³-hybridized carbons (Fsp3) is 0.607. The maximum absolute atomic E-state index is 13.9. The number of benzene rings is 1. The average Bonchev–Trinajstić information content (AvgIpc) is 3.48. The zero-order chi connectivity index (χ0) is 28.1. The predicted octanol–water partition coefficient (Wildman–Crippen LogP) is 3.60. The number of anilines is 3. The lowest BCUT2D eigenvalue weighted by Crippen LogP contribution is -2.39. The number of aliphatic hydroxyl groups is 1. The summed E-state index contributed by atoms with van der Waals surface area (Å²) in [6.07, 6.45) is 8.73. The summed E-state index contributed by atoms with van der Waals surface area (Å²) in [4.78, 5) is 26.7. The molecule has 0 unspecified atom stereocenters. The van der Waals surface area contributed by atoms with Crippen molar-refractivity contribution in [1.29, 1.82) is 0 Å². The van der Waals surface area contributed by atoms with Crippen molar-refractivity contribution in [3.05, 3.63) is 35.2 Å². The molecular weight excluding hydrogens is 540 g/mol. The van der Waals surface area contributed by atoms with E-state index in [1.807, 2.05) is 0 Å². The van der Waals surface area contributed by atoms with Crippen LogP contribution in [0.3, 0.4) is 0 Å². The number of nitrogens with zero attached hydrogens (tertiary/aromatic N) is 4. The molecule has 2 aliphatic carbocycles. The number of aromatic nitrogens is 2. The van der Waals surface area contributed by atoms with E-state index >= 15 is 0 Å². The van der Waals surface area contributed by atoms with E-state index in [-0.39, 0.29) is 48.3 Å². The Bertz CT molecular complexity index is 1410. The highest BCUT2D eigenvalue weighted by molar-refractivity contribution is 7.91. The maximum Gasteiger partial charge on any atom is 0.259 e. The maximum atomic E-state index is 13.9. The second-order valence-electron chi connectivity index (χ2n) is 11.7. The molecule has 9 nitrogen and oxygen atoms in total. The van der Waals surface area contributed by atoms with E-state index in [0.29, 0.717) is 40.9 Å². The first-order valence-electron chi connectivity index (χ1n) is 14.1. The van der Waals surface area contributed by atoms with Crippen LogP contribution in [-0.4, -0.2) is 73.9 Å². The summed E-state index contributed by atoms with van der Waals surface area (Å²) < 4.78 is 53.7. The van der Waals surface area contributed by atoms with E-state index < -0.39 is 22.4 Å². The third-order valence-electron chi connectivity index (χ3n) is 9.07. The van der Waals surface area contributed by atoms with Gasteiger partial charge in [-0.15, -0.1) is 0 Å². The summed E-state index contributed by atoms with van der Waals surface area (Å²) in [6.45, 7) is 1.32. The number of alkyl halides is 2. The van der Waals surface area contributed by atoms with Gasteiger partial charge in [0, 0.05) is 39.0 Å². The molecule has 0 radical (unpaired) electrons. The molecule has 1 amide bonds. The molecule has 4 aliphatic rings. The van der Waals surface area contributed by atoms with Gasteiger partial charge in [0.1, 0.15) is 5.82 Å². The van der Waals surface area contributed by atoms with Gasteiger partial charge in [0.05, 0.1) is 40.9 Å². The summed E-state index contributed by atoms with van der Waals surface area (Å²) in [6, 6.07) is 1.64. The Balaban J connectivity index is 1.34. The normalized spacial score (nSPS) is 21.4. The van der Waals surface area contributed by atoms with Gasteiger partial charge in [-0.05, 0) is 67.6 Å². The smallest absolute Gasteiger partial charge is 0.259 e. The van der Waals surface area contributed by atoms with Gasteiger partial charge in [-0.25, -0.2) is 22.2 Å². The minimum Gasteiger partial charge on any atom is -0.395 e. The van der Waals surface area contributed by atoms with Gasteiger partial charge in [0.25, 0.3) is 11.8 Å². The Hall–Kier alpha value is -2.86. The zero-order valence-electron chi connectivity index (χ0n) is 22.5. The lowest BCUT2D eigenvalue weighted by molar-refractivity contribution is -0.0221. The molecule has 3 heterocycles. The van der Waals surface area contributed by atoms with Crippen LogP contribution >= 0.6 is 0 Å². The number of sulfone groups is 1. The molecule has 3 fully saturated rings. The molecule has 40 heavy (non-hydrogen) atoms. The average molecular weight is 576 g/mol. The Morgan fingerprint density at radius 2 is 1.65 bits per heavy atom. The zero-order valence-corrected chi connectivity index (χ0v) is 23.3. The highest BCUT2D eigenvalue weighted by Crippen LogP contribution is 2.54. The summed E-state index contributed by atoms with van der Waals surface area (Å²) in [7, 11) is -3.72. The van der Waals surface area contributed by atoms with E-state index in [0.717, 1.165) is 37.9 Å². The van der Waals surface area contributed by atoms with Crippen LogP contribution < -0.4 is 15.1 Å². The van der Waals surface area contributed by atoms with E-state index in [9.17, 15) is 27.1 Å². The Labute approximate surface area is 232 Å². The molecule has 1 aromatic heterocycles. The van der Waals surface area contributed by atoms with Gasteiger partial charge in [-0.3, -0.25) is 9.78 Å². The fourth-order valence-corrected chi connectivity index (χ4v) is 7.80. The molecule has 6 rings (SSSR count). The number of nitrogens with one attached hydrogen (secondary N) is 1. The standard InChI is InChI=1S/C28H35F2N5O4S/c29-28(30)8-12-35(13-9-28)24-18-31-17-23(32-24)33-26(37)25-20-3-1-2-19(20)22(40(38,39)15-14-36)16-21(25)34-10-6-27(4-5-27)7-11-34/h16-18,36H,1-15H2,(H,32,33,37). The number of rotatable bonds is 7. The van der Waals surface area contributed by atoms with Crippen LogP contribution in [0.25, 0.3) is 0 Å². The van der Waals surface area contributed by atoms with Crippen LogP contribution in [0.2, 0.25) is 0 Å². The molecule has 0 atom stereocenters. The summed E-state index contributed by atoms with van der Waals surface area (Å²) in [5.74, 6) is -2.79. The van der Waals surface area contributed by atoms with Gasteiger partial charge in [0.2, 0.25) is 0 Å². The quantitative estimate of drug-likeness (QED) is 0.515. The highest BCUT2D eigenvalue weighted by atomic mass is 32.2. The van der Waals surface area contributed by atoms with Crippen molar-refractivity contribution in [2.45, 2.75) is 68.6 Å². The second-order valence-corrected chi connectivity index (χ2v) is 13.7. The number of aliphatic hydroxyl groups excluding tert-OH is 1. The van der Waals surface area contributed by atoms with Crippen molar-refractivity contribution in [2.24, 2.45) is 5.41 Å². The van der Waals surface area contributed by atoms with Crippen molar-refractivity contribution in [2.75, 3.05) is 53.7 Å². The van der Waals surface area contributed by atoms with Gasteiger partial charge in [-0.1, -0.05) is 0 Å². The molecule has 1 saturated carbocycles. The first kappa shape index (κ1) is 27.3. The molecular formula is C28H35F2N5O4S. The molecule has 1 spiro atoms. The van der Waals surface area contributed by atoms with Gasteiger partial charge in [-0.2, -0.15) is 0 Å². The van der Waals surface area contributed by atoms with Crippen molar-refractivity contribution >= 4 is 33.1 Å². The third kappa shape index (κ3) is 5.27. The first-order valence-corrected chi connectivity index (χ1v) is 15.8. The SMILES string of the molecule is O=C(Nc1cncc(N2CCC(F)(F)CC2)n1)c1c(N2CCC3(CC2)CC3)cc(S(=O)(=O)CCO)c2c1CCC2. The summed E-state index contributed by atoms with van der Waals surface area (Å²) in [5, 5.41) is 12.3. The minimum atomic E-state index is -3.72. The van der Waals surface area contributed by atoms with Crippen LogP contribution in [0, 0.1) is 5.41 Å². The number of hydrogen-bond acceptors (Lipinski definition) is 8. The minimum absolute atomic E-state index is 0.150. The van der Waals surface area contributed by atoms with Crippen molar-refractivity contribution < 1.29 is 27.1 Å². The number of piperidine rings is 2. The van der Waals surface area contributed by atoms with Gasteiger partial charge >= 0.3 is 0 Å². The molecule has 216 valence electrons. The lowest BCUT2D eigenvalue weighted by Gasteiger charge is -2.36. The molecule has 1 aromatic carbocycles. The summed E-state index contributed by atoms with van der Waals surface area (Å²) in [5.41, 5.74) is 2.86. The molecule has 12 heteroatoms. The predicted molar refractivity (Wildman–Crippen MR) is 147 cm³/mol. The van der Waals surface area contributed by atoms with E-state index in [1.54, 1.807) is 11.0 Å². The van der Waals surface area contributed by atoms with E-state index in [1.165, 1.54) is 25.2 Å². The van der Waals surface area contributed by atoms with Crippen molar-refractivity contribution in [3.63, 3.8) is 0 Å². The Morgan fingerprint density at radius 3 is 2.33 bits per heavy atom. The van der Waals surface area contributed by atoms with Crippen molar-refractivity contribution in [3.8, 4) is 0 Å². The molecule has 2 N–H and O–H groups in total. The number of amides is 1. The molecule has 2 saturated heterocycles. The van der Waals surface area contributed by atoms with Crippen LogP contribution in [0.1, 0.15) is 66.4 Å². The Morgan fingerprint density at radius 1 is 0.975 bits per heavy atom. The number of halogens is 2. The monoisotopic (exact) mass is 575 g/mol. The number of hydrogen-bond donors (Lipinski definition) is 2. The first-order chi connectivity index (χ1) is 19.1. The largest absolute Gasteiger partial charge is 0.395 e. The van der Waals surface area contributed by atoms with E-state index in [2.05, 4.69) is 20.2 Å². The number of carbonyl (C=O) groups is 1. The lowest BCUT2D eigenvalue weighted by atomic mass is 9.92. The molecule has 2 aliphatic heterocycles. The number of carbonyl (C=O) groups excluding carboxylic acids is 1. The van der Waals surface area contributed by atoms with Crippen LogP contribution in [0.15, 0.2) is 23.4 Å². The fourth-order valence-electron chi connectivity index (χ4n) is 6.45.